The molecule has 5 nitrogen and oxygen atoms in total. The fourth-order valence-corrected chi connectivity index (χ4v) is 3.02. The van der Waals surface area contributed by atoms with Gasteiger partial charge in [-0.05, 0) is 66.7 Å². The molecule has 1 amide bonds. The number of aromatic nitrogens is 3. The first-order valence-electron chi connectivity index (χ1n) is 9.40. The van der Waals surface area contributed by atoms with Gasteiger partial charge in [-0.1, -0.05) is 6.07 Å². The van der Waals surface area contributed by atoms with Gasteiger partial charge in [-0.3, -0.25) is 9.78 Å². The molecule has 0 spiro atoms. The number of hydrogen-bond donors (Lipinski definition) is 1. The first-order chi connectivity index (χ1) is 14.6. The first-order valence-corrected chi connectivity index (χ1v) is 9.40. The molecule has 0 fully saturated rings. The predicted molar refractivity (Wildman–Crippen MR) is 109 cm³/mol. The molecule has 0 unspecified atom stereocenters. The maximum atomic E-state index is 13.3. The van der Waals surface area contributed by atoms with Crippen LogP contribution < -0.4 is 5.32 Å². The first kappa shape index (κ1) is 19.4. The zero-order valence-electron chi connectivity index (χ0n) is 15.9. The average molecular weight is 404 g/mol. The van der Waals surface area contributed by atoms with Gasteiger partial charge in [0.1, 0.15) is 17.3 Å². The zero-order valence-corrected chi connectivity index (χ0v) is 15.9. The minimum absolute atomic E-state index is 0.293. The largest absolute Gasteiger partial charge is 0.350 e. The van der Waals surface area contributed by atoms with Crippen LogP contribution >= 0.6 is 0 Å². The Bertz CT molecular complexity index is 1140. The topological polar surface area (TPSA) is 59.8 Å². The Kier molecular flexibility index (Phi) is 5.61. The van der Waals surface area contributed by atoms with Crippen LogP contribution in [0.5, 0.6) is 0 Å². The average Bonchev–Trinajstić information content (AvgIpc) is 3.21. The number of rotatable bonds is 6. The summed E-state index contributed by atoms with van der Waals surface area (Å²) >= 11 is 0. The van der Waals surface area contributed by atoms with Gasteiger partial charge >= 0.3 is 0 Å². The molecule has 4 aromatic rings. The molecule has 0 bridgehead atoms. The minimum Gasteiger partial charge on any atom is -0.350 e. The summed E-state index contributed by atoms with van der Waals surface area (Å²) in [4.78, 5) is 17.1. The lowest BCUT2D eigenvalue weighted by Crippen LogP contribution is -2.28. The lowest BCUT2D eigenvalue weighted by Gasteiger charge is -2.08. The van der Waals surface area contributed by atoms with Gasteiger partial charge in [0.25, 0.3) is 5.91 Å². The van der Waals surface area contributed by atoms with Crippen LogP contribution in [-0.4, -0.2) is 27.2 Å². The number of nitrogens with one attached hydrogen (secondary N) is 1. The molecular formula is C23H18F2N4O. The number of amides is 1. The van der Waals surface area contributed by atoms with Crippen molar-refractivity contribution in [3.05, 3.63) is 102 Å². The van der Waals surface area contributed by atoms with Gasteiger partial charge in [0.2, 0.25) is 0 Å². The Hall–Kier alpha value is -3.87. The third kappa shape index (κ3) is 4.41. The van der Waals surface area contributed by atoms with E-state index in [0.29, 0.717) is 35.6 Å². The van der Waals surface area contributed by atoms with E-state index in [4.69, 9.17) is 0 Å². The van der Waals surface area contributed by atoms with Crippen molar-refractivity contribution in [3.63, 3.8) is 0 Å². The summed E-state index contributed by atoms with van der Waals surface area (Å²) in [6, 6.07) is 18.8. The molecule has 7 heteroatoms. The molecule has 0 atom stereocenters. The van der Waals surface area contributed by atoms with E-state index in [1.54, 1.807) is 36.5 Å². The fourth-order valence-electron chi connectivity index (χ4n) is 3.02. The molecule has 0 aliphatic heterocycles. The van der Waals surface area contributed by atoms with Gasteiger partial charge in [-0.2, -0.15) is 5.10 Å². The van der Waals surface area contributed by atoms with Gasteiger partial charge in [0, 0.05) is 30.4 Å². The highest BCUT2D eigenvalue weighted by atomic mass is 19.1. The van der Waals surface area contributed by atoms with Crippen LogP contribution in [0.4, 0.5) is 8.78 Å². The van der Waals surface area contributed by atoms with Crippen LogP contribution in [-0.2, 0) is 6.42 Å². The molecular weight excluding hydrogens is 386 g/mol. The summed E-state index contributed by atoms with van der Waals surface area (Å²) in [6.07, 6.45) is 2.29. The molecule has 4 rings (SSSR count). The van der Waals surface area contributed by atoms with E-state index in [-0.39, 0.29) is 17.5 Å². The molecule has 0 saturated carbocycles. The van der Waals surface area contributed by atoms with Crippen molar-refractivity contribution in [2.75, 3.05) is 6.54 Å². The van der Waals surface area contributed by atoms with Crippen LogP contribution in [0.3, 0.4) is 0 Å². The van der Waals surface area contributed by atoms with Crippen LogP contribution in [0, 0.1) is 11.6 Å². The van der Waals surface area contributed by atoms with E-state index in [2.05, 4.69) is 15.4 Å². The Balaban J connectivity index is 1.61. The molecule has 1 N–H and O–H groups in total. The second-order valence-electron chi connectivity index (χ2n) is 6.64. The SMILES string of the molecule is O=C(NCCc1ccccn1)c1cc(-c2ccc(F)cc2)nn1-c1ccc(F)cc1. The van der Waals surface area contributed by atoms with Gasteiger partial charge < -0.3 is 5.32 Å². The normalized spacial score (nSPS) is 10.7. The summed E-state index contributed by atoms with van der Waals surface area (Å²) in [5.74, 6) is -1.06. The number of hydrogen-bond acceptors (Lipinski definition) is 3. The third-order valence-corrected chi connectivity index (χ3v) is 4.55. The Morgan fingerprint density at radius 2 is 1.63 bits per heavy atom. The van der Waals surface area contributed by atoms with E-state index in [0.717, 1.165) is 5.69 Å². The van der Waals surface area contributed by atoms with E-state index in [1.165, 1.54) is 28.9 Å². The van der Waals surface area contributed by atoms with Crippen molar-refractivity contribution in [1.29, 1.82) is 0 Å². The lowest BCUT2D eigenvalue weighted by atomic mass is 10.1. The van der Waals surface area contributed by atoms with E-state index >= 15 is 0 Å². The number of pyridine rings is 1. The molecule has 0 aliphatic carbocycles. The standard InChI is InChI=1S/C23H18F2N4O/c24-17-6-4-16(5-7-17)21-15-22(29(28-21)20-10-8-18(25)9-11-20)23(30)27-14-12-19-3-1-2-13-26-19/h1-11,13,15H,12,14H2,(H,27,30). The van der Waals surface area contributed by atoms with Crippen molar-refractivity contribution in [2.45, 2.75) is 6.42 Å². The molecule has 30 heavy (non-hydrogen) atoms. The Morgan fingerprint density at radius 3 is 2.30 bits per heavy atom. The van der Waals surface area contributed by atoms with Crippen molar-refractivity contribution in [1.82, 2.24) is 20.1 Å². The highest BCUT2D eigenvalue weighted by Gasteiger charge is 2.17. The molecule has 0 radical (unpaired) electrons. The summed E-state index contributed by atoms with van der Waals surface area (Å²) in [5.41, 5.74) is 2.88. The lowest BCUT2D eigenvalue weighted by molar-refractivity contribution is 0.0946. The highest BCUT2D eigenvalue weighted by molar-refractivity contribution is 5.94. The molecule has 2 heterocycles. The maximum Gasteiger partial charge on any atom is 0.270 e. The Labute approximate surface area is 172 Å². The van der Waals surface area contributed by atoms with Crippen molar-refractivity contribution in [3.8, 4) is 16.9 Å². The number of nitrogens with zero attached hydrogens (tertiary/aromatic N) is 3. The predicted octanol–water partition coefficient (Wildman–Crippen LogP) is 4.19. The zero-order chi connectivity index (χ0) is 20.9. The van der Waals surface area contributed by atoms with Crippen LogP contribution in [0.1, 0.15) is 16.2 Å². The maximum absolute atomic E-state index is 13.3. The summed E-state index contributed by atoms with van der Waals surface area (Å²) in [5, 5.41) is 7.36. The van der Waals surface area contributed by atoms with E-state index in [9.17, 15) is 13.6 Å². The Morgan fingerprint density at radius 1 is 0.933 bits per heavy atom. The minimum atomic E-state index is -0.383. The molecule has 2 aromatic carbocycles. The van der Waals surface area contributed by atoms with Crippen molar-refractivity contribution < 1.29 is 13.6 Å². The van der Waals surface area contributed by atoms with E-state index < -0.39 is 0 Å². The van der Waals surface area contributed by atoms with Crippen LogP contribution in [0.15, 0.2) is 79.0 Å². The number of carbonyl (C=O) groups excluding carboxylic acids is 1. The number of carbonyl (C=O) groups is 1. The fraction of sp³-hybridized carbons (Fsp3) is 0.0870. The van der Waals surface area contributed by atoms with E-state index in [1.807, 2.05) is 18.2 Å². The molecule has 0 aliphatic rings. The second kappa shape index (κ2) is 8.65. The van der Waals surface area contributed by atoms with Crippen LogP contribution in [0.25, 0.3) is 16.9 Å². The van der Waals surface area contributed by atoms with Gasteiger partial charge in [0.05, 0.1) is 11.4 Å². The smallest absolute Gasteiger partial charge is 0.270 e. The number of benzene rings is 2. The quantitative estimate of drug-likeness (QED) is 0.524. The van der Waals surface area contributed by atoms with Crippen molar-refractivity contribution in [2.24, 2.45) is 0 Å². The monoisotopic (exact) mass is 404 g/mol. The third-order valence-electron chi connectivity index (χ3n) is 4.55. The van der Waals surface area contributed by atoms with Crippen molar-refractivity contribution >= 4 is 5.91 Å². The van der Waals surface area contributed by atoms with Crippen LogP contribution in [0.2, 0.25) is 0 Å². The summed E-state index contributed by atoms with van der Waals surface area (Å²) in [7, 11) is 0. The van der Waals surface area contributed by atoms with Gasteiger partial charge in [-0.25, -0.2) is 13.5 Å². The van der Waals surface area contributed by atoms with Gasteiger partial charge in [-0.15, -0.1) is 0 Å². The highest BCUT2D eigenvalue weighted by Crippen LogP contribution is 2.22. The molecule has 0 saturated heterocycles. The second-order valence-corrected chi connectivity index (χ2v) is 6.64. The molecule has 2 aromatic heterocycles. The summed E-state index contributed by atoms with van der Waals surface area (Å²) in [6.45, 7) is 0.399. The number of halogens is 2. The van der Waals surface area contributed by atoms with Gasteiger partial charge in [0.15, 0.2) is 0 Å². The summed E-state index contributed by atoms with van der Waals surface area (Å²) < 4.78 is 28.1. The molecule has 150 valence electrons.